The summed E-state index contributed by atoms with van der Waals surface area (Å²) < 4.78 is 29.6. The number of aryl methyl sites for hydroxylation is 2. The third kappa shape index (κ3) is 5.96. The topological polar surface area (TPSA) is 73.8 Å². The molecule has 0 radical (unpaired) electrons. The minimum Gasteiger partial charge on any atom is -0.302 e. The first-order valence-electron chi connectivity index (χ1n) is 13.7. The Morgan fingerprint density at radius 1 is 1.05 bits per heavy atom. The van der Waals surface area contributed by atoms with Crippen LogP contribution in [0.2, 0.25) is 0 Å². The van der Waals surface area contributed by atoms with E-state index < -0.39 is 10.0 Å². The number of nitrogens with zero attached hydrogens (tertiary/aromatic N) is 4. The van der Waals surface area contributed by atoms with Gasteiger partial charge >= 0.3 is 0 Å². The second-order valence-corrected chi connectivity index (χ2v) is 13.0. The van der Waals surface area contributed by atoms with Gasteiger partial charge in [-0.05, 0) is 87.7 Å². The van der Waals surface area contributed by atoms with Crippen LogP contribution in [0.25, 0.3) is 10.2 Å². The summed E-state index contributed by atoms with van der Waals surface area (Å²) in [5, 5.41) is 0.668. The number of anilines is 1. The number of hydrogen-bond donors (Lipinski definition) is 0. The highest BCUT2D eigenvalue weighted by Crippen LogP contribution is 2.33. The van der Waals surface area contributed by atoms with Crippen LogP contribution in [0, 0.1) is 13.8 Å². The maximum Gasteiger partial charge on any atom is 0.260 e. The Labute approximate surface area is 231 Å². The van der Waals surface area contributed by atoms with Crippen LogP contribution < -0.4 is 4.90 Å². The molecule has 2 aromatic carbocycles. The van der Waals surface area contributed by atoms with Crippen molar-refractivity contribution in [1.29, 1.82) is 0 Å². The molecule has 1 aliphatic rings. The number of thiazole rings is 1. The number of amides is 1. The number of hydrogen-bond acceptors (Lipinski definition) is 6. The Kier molecular flexibility index (Phi) is 9.23. The third-order valence-electron chi connectivity index (χ3n) is 7.57. The second-order valence-electron chi connectivity index (χ2n) is 10.1. The molecule has 206 valence electrons. The van der Waals surface area contributed by atoms with E-state index in [0.717, 1.165) is 66.7 Å². The molecule has 38 heavy (non-hydrogen) atoms. The van der Waals surface area contributed by atoms with Gasteiger partial charge in [-0.2, -0.15) is 4.31 Å². The van der Waals surface area contributed by atoms with Crippen LogP contribution in [0.1, 0.15) is 67.9 Å². The van der Waals surface area contributed by atoms with Crippen molar-refractivity contribution in [3.05, 3.63) is 53.1 Å². The summed E-state index contributed by atoms with van der Waals surface area (Å²) in [6.45, 7) is 14.0. The van der Waals surface area contributed by atoms with Gasteiger partial charge in [-0.15, -0.1) is 0 Å². The zero-order valence-corrected chi connectivity index (χ0v) is 24.9. The molecule has 2 heterocycles. The number of carbonyl (C=O) groups excluding carboxylic acids is 1. The molecule has 0 aliphatic carbocycles. The van der Waals surface area contributed by atoms with E-state index in [4.69, 9.17) is 4.98 Å². The fraction of sp³-hybridized carbons (Fsp3) is 0.517. The number of piperidine rings is 1. The van der Waals surface area contributed by atoms with Gasteiger partial charge in [0, 0.05) is 31.2 Å². The summed E-state index contributed by atoms with van der Waals surface area (Å²) in [6, 6.07) is 10.7. The molecule has 7 nitrogen and oxygen atoms in total. The van der Waals surface area contributed by atoms with E-state index in [1.807, 2.05) is 6.92 Å². The standard InChI is InChI=1S/C29H40N4O3S2/c1-6-24-11-9-10-16-33(24)38(35,36)25-14-12-23(13-15-25)28(34)32(18-17-31(7-2)8-3)29-30-26-20-21(4)19-22(5)27(26)37-29/h12-15,19-20,24H,6-11,16-18H2,1-5H3. The zero-order chi connectivity index (χ0) is 27.4. The minimum atomic E-state index is -3.60. The van der Waals surface area contributed by atoms with Gasteiger partial charge in [0.15, 0.2) is 5.13 Å². The van der Waals surface area contributed by atoms with Crippen molar-refractivity contribution in [2.75, 3.05) is 37.6 Å². The molecular weight excluding hydrogens is 516 g/mol. The van der Waals surface area contributed by atoms with Gasteiger partial charge < -0.3 is 4.90 Å². The highest BCUT2D eigenvalue weighted by molar-refractivity contribution is 7.89. The molecule has 1 unspecified atom stereocenters. The first-order valence-corrected chi connectivity index (χ1v) is 16.0. The van der Waals surface area contributed by atoms with Gasteiger partial charge in [-0.25, -0.2) is 13.4 Å². The van der Waals surface area contributed by atoms with Crippen LogP contribution >= 0.6 is 11.3 Å². The molecule has 0 bridgehead atoms. The quantitative estimate of drug-likeness (QED) is 0.313. The predicted octanol–water partition coefficient (Wildman–Crippen LogP) is 5.85. The smallest absolute Gasteiger partial charge is 0.260 e. The predicted molar refractivity (Wildman–Crippen MR) is 157 cm³/mol. The van der Waals surface area contributed by atoms with E-state index in [2.05, 4.69) is 44.7 Å². The molecule has 0 saturated carbocycles. The van der Waals surface area contributed by atoms with Gasteiger partial charge in [-0.3, -0.25) is 9.69 Å². The summed E-state index contributed by atoms with van der Waals surface area (Å²) in [6.07, 6.45) is 3.65. The summed E-state index contributed by atoms with van der Waals surface area (Å²) in [4.78, 5) is 23.0. The van der Waals surface area contributed by atoms with Crippen LogP contribution in [-0.4, -0.2) is 67.3 Å². The van der Waals surface area contributed by atoms with Crippen LogP contribution in [0.5, 0.6) is 0 Å². The molecule has 0 N–H and O–H groups in total. The number of likely N-dealkylation sites (N-methyl/N-ethyl adjacent to an activating group) is 1. The maximum atomic E-state index is 13.8. The Morgan fingerprint density at radius 2 is 1.76 bits per heavy atom. The Morgan fingerprint density at radius 3 is 2.42 bits per heavy atom. The highest BCUT2D eigenvalue weighted by Gasteiger charge is 2.32. The van der Waals surface area contributed by atoms with Gasteiger partial charge in [0.25, 0.3) is 5.91 Å². The van der Waals surface area contributed by atoms with E-state index in [1.54, 1.807) is 33.5 Å². The summed E-state index contributed by atoms with van der Waals surface area (Å²) in [5.41, 5.74) is 3.65. The van der Waals surface area contributed by atoms with Crippen molar-refractivity contribution in [2.45, 2.75) is 71.2 Å². The average Bonchev–Trinajstić information content (AvgIpc) is 3.35. The van der Waals surface area contributed by atoms with Crippen molar-refractivity contribution >= 4 is 42.6 Å². The Bertz CT molecular complexity index is 1360. The fourth-order valence-corrected chi connectivity index (χ4v) is 8.11. The summed E-state index contributed by atoms with van der Waals surface area (Å²) in [7, 11) is -3.60. The Hall–Kier alpha value is -2.33. The normalized spacial score (nSPS) is 16.8. The molecule has 3 aromatic rings. The first-order chi connectivity index (χ1) is 18.2. The lowest BCUT2D eigenvalue weighted by Crippen LogP contribution is -2.43. The fourth-order valence-electron chi connectivity index (χ4n) is 5.30. The number of carbonyl (C=O) groups is 1. The number of rotatable bonds is 10. The lowest BCUT2D eigenvalue weighted by Gasteiger charge is -2.34. The van der Waals surface area contributed by atoms with Crippen molar-refractivity contribution < 1.29 is 13.2 Å². The van der Waals surface area contributed by atoms with Gasteiger partial charge in [0.1, 0.15) is 0 Å². The van der Waals surface area contributed by atoms with Crippen LogP contribution in [0.3, 0.4) is 0 Å². The number of aromatic nitrogens is 1. The van der Waals surface area contributed by atoms with E-state index >= 15 is 0 Å². The van der Waals surface area contributed by atoms with E-state index in [-0.39, 0.29) is 16.8 Å². The average molecular weight is 557 g/mol. The molecule has 1 aromatic heterocycles. The van der Waals surface area contributed by atoms with Crippen LogP contribution in [0.4, 0.5) is 5.13 Å². The monoisotopic (exact) mass is 556 g/mol. The SMILES string of the molecule is CCC1CCCCN1S(=O)(=O)c1ccc(C(=O)N(CCN(CC)CC)c2nc3cc(C)cc(C)c3s2)cc1. The zero-order valence-electron chi connectivity index (χ0n) is 23.2. The van der Waals surface area contributed by atoms with Crippen molar-refractivity contribution in [3.63, 3.8) is 0 Å². The molecule has 1 atom stereocenters. The Balaban J connectivity index is 1.64. The summed E-state index contributed by atoms with van der Waals surface area (Å²) in [5.74, 6) is -0.168. The molecule has 1 aliphatic heterocycles. The van der Waals surface area contributed by atoms with E-state index in [9.17, 15) is 13.2 Å². The first kappa shape index (κ1) is 28.7. The second kappa shape index (κ2) is 12.2. The lowest BCUT2D eigenvalue weighted by atomic mass is 10.0. The van der Waals surface area contributed by atoms with Crippen molar-refractivity contribution in [2.24, 2.45) is 0 Å². The molecule has 1 fully saturated rings. The minimum absolute atomic E-state index is 0.0387. The molecule has 1 saturated heterocycles. The van der Waals surface area contributed by atoms with E-state index in [0.29, 0.717) is 23.8 Å². The molecule has 0 spiro atoms. The molecule has 1 amide bonds. The number of benzene rings is 2. The van der Waals surface area contributed by atoms with Gasteiger partial charge in [-0.1, -0.05) is 44.6 Å². The molecule has 4 rings (SSSR count). The van der Waals surface area contributed by atoms with Gasteiger partial charge in [0.2, 0.25) is 10.0 Å². The largest absolute Gasteiger partial charge is 0.302 e. The van der Waals surface area contributed by atoms with E-state index in [1.165, 1.54) is 11.3 Å². The van der Waals surface area contributed by atoms with Crippen molar-refractivity contribution in [1.82, 2.24) is 14.2 Å². The highest BCUT2D eigenvalue weighted by atomic mass is 32.2. The molecular formula is C29H40N4O3S2. The summed E-state index contributed by atoms with van der Waals surface area (Å²) >= 11 is 1.53. The third-order valence-corrected chi connectivity index (χ3v) is 10.8. The number of fused-ring (bicyclic) bond motifs is 1. The molecule has 9 heteroatoms. The lowest BCUT2D eigenvalue weighted by molar-refractivity contribution is 0.0983. The van der Waals surface area contributed by atoms with Crippen molar-refractivity contribution in [3.8, 4) is 0 Å². The van der Waals surface area contributed by atoms with Crippen LogP contribution in [0.15, 0.2) is 41.3 Å². The van der Waals surface area contributed by atoms with Crippen LogP contribution in [-0.2, 0) is 10.0 Å². The maximum absolute atomic E-state index is 13.8. The number of sulfonamides is 1. The van der Waals surface area contributed by atoms with Gasteiger partial charge in [0.05, 0.1) is 15.1 Å².